The average Bonchev–Trinajstić information content (AvgIpc) is 2.08. The normalized spacial score (nSPS) is 19.8. The second kappa shape index (κ2) is 6.68. The maximum Gasteiger partial charge on any atom is 0.0303 e. The molecule has 2 nitrogen and oxygen atoms in total. The van der Waals surface area contributed by atoms with Gasteiger partial charge in [-0.1, -0.05) is 26.2 Å². The fourth-order valence-electron chi connectivity index (χ4n) is 1.68. The van der Waals surface area contributed by atoms with Gasteiger partial charge in [0.2, 0.25) is 0 Å². The van der Waals surface area contributed by atoms with Gasteiger partial charge in [0.15, 0.2) is 0 Å². The predicted molar refractivity (Wildman–Crippen MR) is 60.7 cm³/mol. The first kappa shape index (κ1) is 11.3. The summed E-state index contributed by atoms with van der Waals surface area (Å²) >= 11 is 2.02. The van der Waals surface area contributed by atoms with Crippen molar-refractivity contribution in [1.82, 2.24) is 5.43 Å². The number of nitrogens with two attached hydrogens (primary N) is 1. The Balaban J connectivity index is 2.03. The van der Waals surface area contributed by atoms with Crippen LogP contribution in [0.5, 0.6) is 0 Å². The van der Waals surface area contributed by atoms with E-state index >= 15 is 0 Å². The Bertz CT molecular complexity index is 126. The summed E-state index contributed by atoms with van der Waals surface area (Å²) < 4.78 is 0. The third-order valence-electron chi connectivity index (χ3n) is 2.75. The second-order valence-corrected chi connectivity index (χ2v) is 5.12. The third-order valence-corrected chi connectivity index (χ3v) is 4.08. The van der Waals surface area contributed by atoms with Gasteiger partial charge < -0.3 is 0 Å². The van der Waals surface area contributed by atoms with E-state index < -0.39 is 0 Å². The first-order chi connectivity index (χ1) is 6.36. The van der Waals surface area contributed by atoms with Crippen LogP contribution in [0.3, 0.4) is 0 Å². The monoisotopic (exact) mass is 202 g/mol. The van der Waals surface area contributed by atoms with Crippen molar-refractivity contribution in [3.8, 4) is 0 Å². The minimum absolute atomic E-state index is 0.543. The predicted octanol–water partition coefficient (Wildman–Crippen LogP) is 2.15. The van der Waals surface area contributed by atoms with Gasteiger partial charge >= 0.3 is 0 Å². The fourth-order valence-corrected chi connectivity index (χ4v) is 2.66. The van der Waals surface area contributed by atoms with Gasteiger partial charge in [-0.25, -0.2) is 0 Å². The van der Waals surface area contributed by atoms with Crippen molar-refractivity contribution in [1.29, 1.82) is 0 Å². The van der Waals surface area contributed by atoms with Crippen LogP contribution in [0.2, 0.25) is 0 Å². The van der Waals surface area contributed by atoms with E-state index in [4.69, 9.17) is 5.84 Å². The van der Waals surface area contributed by atoms with Gasteiger partial charge in [0.1, 0.15) is 0 Å². The van der Waals surface area contributed by atoms with Crippen molar-refractivity contribution < 1.29 is 0 Å². The molecule has 1 rings (SSSR count). The molecule has 0 aromatic rings. The lowest BCUT2D eigenvalue weighted by molar-refractivity contribution is 0.268. The van der Waals surface area contributed by atoms with Crippen LogP contribution in [0.25, 0.3) is 0 Å². The van der Waals surface area contributed by atoms with E-state index in [-0.39, 0.29) is 0 Å². The number of thioether (sulfide) groups is 1. The second-order valence-electron chi connectivity index (χ2n) is 3.97. The van der Waals surface area contributed by atoms with Gasteiger partial charge in [-0.05, 0) is 24.5 Å². The molecule has 1 saturated carbocycles. The van der Waals surface area contributed by atoms with Crippen LogP contribution in [-0.2, 0) is 0 Å². The van der Waals surface area contributed by atoms with Gasteiger partial charge in [-0.15, -0.1) is 0 Å². The highest BCUT2D eigenvalue weighted by atomic mass is 32.2. The van der Waals surface area contributed by atoms with Crippen molar-refractivity contribution in [2.75, 3.05) is 11.5 Å². The van der Waals surface area contributed by atoms with E-state index in [1.807, 2.05) is 11.8 Å². The lowest BCUT2D eigenvalue weighted by Gasteiger charge is -2.29. The summed E-state index contributed by atoms with van der Waals surface area (Å²) in [5.41, 5.74) is 2.94. The molecule has 1 aliphatic carbocycles. The van der Waals surface area contributed by atoms with E-state index in [2.05, 4.69) is 12.3 Å². The van der Waals surface area contributed by atoms with Crippen molar-refractivity contribution in [2.45, 2.75) is 45.1 Å². The maximum atomic E-state index is 5.52. The summed E-state index contributed by atoms with van der Waals surface area (Å²) in [6, 6.07) is 0.543. The molecule has 0 aromatic carbocycles. The van der Waals surface area contributed by atoms with E-state index in [0.29, 0.717) is 6.04 Å². The van der Waals surface area contributed by atoms with E-state index in [1.54, 1.807) is 0 Å². The van der Waals surface area contributed by atoms with Crippen LogP contribution in [0.4, 0.5) is 0 Å². The number of hydrogen-bond acceptors (Lipinski definition) is 3. The molecule has 0 radical (unpaired) electrons. The first-order valence-corrected chi connectivity index (χ1v) is 6.56. The number of rotatable bonds is 7. The van der Waals surface area contributed by atoms with E-state index in [9.17, 15) is 0 Å². The van der Waals surface area contributed by atoms with Crippen LogP contribution >= 0.6 is 11.8 Å². The molecule has 1 unspecified atom stereocenters. The van der Waals surface area contributed by atoms with Gasteiger partial charge in [-0.3, -0.25) is 11.3 Å². The molecule has 3 heteroatoms. The quantitative estimate of drug-likeness (QED) is 0.377. The minimum Gasteiger partial charge on any atom is -0.271 e. The third kappa shape index (κ3) is 4.34. The van der Waals surface area contributed by atoms with Crippen molar-refractivity contribution in [3.05, 3.63) is 0 Å². The summed E-state index contributed by atoms with van der Waals surface area (Å²) in [5.74, 6) is 8.93. The van der Waals surface area contributed by atoms with Crippen LogP contribution < -0.4 is 11.3 Å². The van der Waals surface area contributed by atoms with Gasteiger partial charge in [0.25, 0.3) is 0 Å². The Kier molecular flexibility index (Phi) is 5.83. The summed E-state index contributed by atoms with van der Waals surface area (Å²) in [6.07, 6.45) is 6.84. The molecular weight excluding hydrogens is 180 g/mol. The van der Waals surface area contributed by atoms with Crippen molar-refractivity contribution in [2.24, 2.45) is 11.8 Å². The lowest BCUT2D eigenvalue weighted by atomic mass is 9.81. The molecule has 1 atom stereocenters. The van der Waals surface area contributed by atoms with Crippen molar-refractivity contribution in [3.63, 3.8) is 0 Å². The van der Waals surface area contributed by atoms with Crippen LogP contribution in [-0.4, -0.2) is 17.5 Å². The highest BCUT2D eigenvalue weighted by Crippen LogP contribution is 2.30. The zero-order valence-electron chi connectivity index (χ0n) is 8.59. The number of nitrogens with one attached hydrogen (secondary N) is 1. The minimum atomic E-state index is 0.543. The summed E-state index contributed by atoms with van der Waals surface area (Å²) in [5, 5.41) is 0. The standard InChI is InChI=1S/C10H22N2S/c1-2-6-13-8-10(12-11)7-9-4-3-5-9/h9-10,12H,2-8,11H2,1H3. The summed E-state index contributed by atoms with van der Waals surface area (Å²) in [4.78, 5) is 0. The highest BCUT2D eigenvalue weighted by molar-refractivity contribution is 7.99. The molecule has 0 aromatic heterocycles. The Labute approximate surface area is 86.0 Å². The molecule has 0 saturated heterocycles. The molecule has 1 fully saturated rings. The Morgan fingerprint density at radius 1 is 1.54 bits per heavy atom. The Hall–Kier alpha value is 0.270. The SMILES string of the molecule is CCCSCC(CC1CCC1)NN. The molecule has 0 spiro atoms. The fraction of sp³-hybridized carbons (Fsp3) is 1.00. The molecular formula is C10H22N2S. The Morgan fingerprint density at radius 3 is 2.77 bits per heavy atom. The number of hydrogen-bond donors (Lipinski definition) is 2. The first-order valence-electron chi connectivity index (χ1n) is 5.40. The molecule has 13 heavy (non-hydrogen) atoms. The number of hydrazine groups is 1. The molecule has 3 N–H and O–H groups in total. The Morgan fingerprint density at radius 2 is 2.31 bits per heavy atom. The summed E-state index contributed by atoms with van der Waals surface area (Å²) in [6.45, 7) is 2.23. The molecule has 0 aliphatic heterocycles. The largest absolute Gasteiger partial charge is 0.271 e. The molecule has 0 bridgehead atoms. The topological polar surface area (TPSA) is 38.0 Å². The maximum absolute atomic E-state index is 5.52. The average molecular weight is 202 g/mol. The van der Waals surface area contributed by atoms with Gasteiger partial charge in [0, 0.05) is 11.8 Å². The van der Waals surface area contributed by atoms with Gasteiger partial charge in [0.05, 0.1) is 0 Å². The van der Waals surface area contributed by atoms with Crippen LogP contribution in [0, 0.1) is 5.92 Å². The molecule has 1 aliphatic rings. The van der Waals surface area contributed by atoms with Gasteiger partial charge in [-0.2, -0.15) is 11.8 Å². The highest BCUT2D eigenvalue weighted by Gasteiger charge is 2.21. The zero-order chi connectivity index (χ0) is 9.52. The molecule has 0 heterocycles. The van der Waals surface area contributed by atoms with Crippen LogP contribution in [0.15, 0.2) is 0 Å². The summed E-state index contributed by atoms with van der Waals surface area (Å²) in [7, 11) is 0. The van der Waals surface area contributed by atoms with Crippen molar-refractivity contribution >= 4 is 11.8 Å². The van der Waals surface area contributed by atoms with E-state index in [0.717, 1.165) is 5.92 Å². The molecule has 78 valence electrons. The zero-order valence-corrected chi connectivity index (χ0v) is 9.41. The smallest absolute Gasteiger partial charge is 0.0303 e. The van der Waals surface area contributed by atoms with Crippen LogP contribution in [0.1, 0.15) is 39.0 Å². The van der Waals surface area contributed by atoms with E-state index in [1.165, 1.54) is 43.6 Å². The lowest BCUT2D eigenvalue weighted by Crippen LogP contribution is -2.39. The molecule has 0 amide bonds.